The van der Waals surface area contributed by atoms with E-state index in [1.807, 2.05) is 12.1 Å². The first-order chi connectivity index (χ1) is 13.9. The molecule has 5 rings (SSSR count). The fourth-order valence-corrected chi connectivity index (χ4v) is 7.27. The van der Waals surface area contributed by atoms with Gasteiger partial charge in [-0.05, 0) is 67.0 Å². The number of thiazole rings is 1. The van der Waals surface area contributed by atoms with Crippen LogP contribution in [0.3, 0.4) is 0 Å². The van der Waals surface area contributed by atoms with Crippen LogP contribution in [-0.2, 0) is 16.6 Å². The van der Waals surface area contributed by atoms with E-state index in [1.54, 1.807) is 34.9 Å². The van der Waals surface area contributed by atoms with Crippen LogP contribution in [0.25, 0.3) is 10.2 Å². The van der Waals surface area contributed by atoms with E-state index in [2.05, 4.69) is 4.72 Å². The van der Waals surface area contributed by atoms with Gasteiger partial charge in [0.15, 0.2) is 0 Å². The lowest BCUT2D eigenvalue weighted by Crippen LogP contribution is -2.38. The number of aromatic nitrogens is 1. The molecule has 2 fully saturated rings. The lowest BCUT2D eigenvalue weighted by atomic mass is 9.96. The van der Waals surface area contributed by atoms with Crippen LogP contribution in [-0.4, -0.2) is 19.0 Å². The second kappa shape index (κ2) is 7.23. The van der Waals surface area contributed by atoms with Gasteiger partial charge in [-0.1, -0.05) is 41.5 Å². The van der Waals surface area contributed by atoms with Gasteiger partial charge in [-0.15, -0.1) is 0 Å². The van der Waals surface area contributed by atoms with Gasteiger partial charge in [0, 0.05) is 11.1 Å². The number of hydrogen-bond donors (Lipinski definition) is 1. The SMILES string of the molecule is O=c1sc2cc(S(=O)(=O)NC3CC4CCC3C4)ccc2n1Cc1ccc(Cl)cc1. The first kappa shape index (κ1) is 19.3. The van der Waals surface area contributed by atoms with E-state index in [0.29, 0.717) is 28.1 Å². The van der Waals surface area contributed by atoms with E-state index in [1.165, 1.54) is 6.42 Å². The van der Waals surface area contributed by atoms with Crippen molar-refractivity contribution in [1.82, 2.24) is 9.29 Å². The summed E-state index contributed by atoms with van der Waals surface area (Å²) in [7, 11) is -3.59. The summed E-state index contributed by atoms with van der Waals surface area (Å²) in [6.45, 7) is 0.422. The Morgan fingerprint density at radius 1 is 1.10 bits per heavy atom. The third-order valence-corrected chi connectivity index (χ3v) is 8.93. The van der Waals surface area contributed by atoms with Crippen molar-refractivity contribution in [2.24, 2.45) is 11.8 Å². The minimum Gasteiger partial charge on any atom is -0.294 e. The number of hydrogen-bond acceptors (Lipinski definition) is 4. The van der Waals surface area contributed by atoms with Crippen molar-refractivity contribution in [3.8, 4) is 0 Å². The van der Waals surface area contributed by atoms with Crippen LogP contribution in [0.1, 0.15) is 31.2 Å². The summed E-state index contributed by atoms with van der Waals surface area (Å²) in [5.74, 6) is 1.14. The molecule has 3 atom stereocenters. The molecule has 1 heterocycles. The van der Waals surface area contributed by atoms with E-state index in [9.17, 15) is 13.2 Å². The third kappa shape index (κ3) is 3.65. The number of nitrogens with zero attached hydrogens (tertiary/aromatic N) is 1. The van der Waals surface area contributed by atoms with Crippen LogP contribution in [0.15, 0.2) is 52.2 Å². The van der Waals surface area contributed by atoms with E-state index in [0.717, 1.165) is 41.7 Å². The Bertz CT molecular complexity index is 1230. The van der Waals surface area contributed by atoms with Gasteiger partial charge >= 0.3 is 4.87 Å². The first-order valence-electron chi connectivity index (χ1n) is 9.79. The minimum atomic E-state index is -3.59. The number of nitrogens with one attached hydrogen (secondary N) is 1. The summed E-state index contributed by atoms with van der Waals surface area (Å²) in [4.78, 5) is 12.6. The number of rotatable bonds is 5. The smallest absolute Gasteiger partial charge is 0.294 e. The van der Waals surface area contributed by atoms with Crippen molar-refractivity contribution in [1.29, 1.82) is 0 Å². The summed E-state index contributed by atoms with van der Waals surface area (Å²) in [5, 5.41) is 0.647. The summed E-state index contributed by atoms with van der Waals surface area (Å²) in [5.41, 5.74) is 1.71. The zero-order chi connectivity index (χ0) is 20.2. The van der Waals surface area contributed by atoms with Gasteiger partial charge in [0.05, 0.1) is 21.7 Å². The molecule has 0 radical (unpaired) electrons. The Balaban J connectivity index is 1.43. The van der Waals surface area contributed by atoms with Crippen LogP contribution in [0.4, 0.5) is 0 Å². The van der Waals surface area contributed by atoms with Crippen LogP contribution in [0.2, 0.25) is 5.02 Å². The normalized spacial score (nSPS) is 23.8. The Kier molecular flexibility index (Phi) is 4.81. The highest BCUT2D eigenvalue weighted by Gasteiger charge is 2.41. The summed E-state index contributed by atoms with van der Waals surface area (Å²) in [6.07, 6.45) is 4.42. The lowest BCUT2D eigenvalue weighted by Gasteiger charge is -2.22. The molecule has 3 unspecified atom stereocenters. The highest BCUT2D eigenvalue weighted by Crippen LogP contribution is 2.44. The Hall–Kier alpha value is -1.67. The first-order valence-corrected chi connectivity index (χ1v) is 12.5. The molecule has 0 amide bonds. The molecular formula is C21H21ClN2O3S2. The maximum Gasteiger partial charge on any atom is 0.308 e. The fraction of sp³-hybridized carbons (Fsp3) is 0.381. The van der Waals surface area contributed by atoms with Crippen molar-refractivity contribution in [2.75, 3.05) is 0 Å². The molecule has 8 heteroatoms. The molecule has 2 aliphatic carbocycles. The van der Waals surface area contributed by atoms with E-state index < -0.39 is 10.0 Å². The van der Waals surface area contributed by atoms with Crippen LogP contribution >= 0.6 is 22.9 Å². The second-order valence-electron chi connectivity index (χ2n) is 8.11. The Morgan fingerprint density at radius 2 is 1.90 bits per heavy atom. The van der Waals surface area contributed by atoms with Gasteiger partial charge in [-0.25, -0.2) is 13.1 Å². The summed E-state index contributed by atoms with van der Waals surface area (Å²) < 4.78 is 31.1. The number of halogens is 1. The zero-order valence-electron chi connectivity index (χ0n) is 15.7. The van der Waals surface area contributed by atoms with Crippen LogP contribution in [0, 0.1) is 11.8 Å². The lowest BCUT2D eigenvalue weighted by molar-refractivity contribution is 0.390. The second-order valence-corrected chi connectivity index (χ2v) is 11.3. The molecule has 2 aliphatic rings. The van der Waals surface area contributed by atoms with Gasteiger partial charge in [0.25, 0.3) is 0 Å². The maximum atomic E-state index is 12.9. The summed E-state index contributed by atoms with van der Waals surface area (Å²) in [6, 6.07) is 12.4. The van der Waals surface area contributed by atoms with Crippen molar-refractivity contribution < 1.29 is 8.42 Å². The molecule has 29 heavy (non-hydrogen) atoms. The van der Waals surface area contributed by atoms with Gasteiger partial charge in [-0.3, -0.25) is 9.36 Å². The highest BCUT2D eigenvalue weighted by molar-refractivity contribution is 7.89. The molecule has 0 spiro atoms. The number of fused-ring (bicyclic) bond motifs is 3. The van der Waals surface area contributed by atoms with Crippen LogP contribution < -0.4 is 9.60 Å². The van der Waals surface area contributed by atoms with Crippen molar-refractivity contribution >= 4 is 43.2 Å². The molecule has 1 N–H and O–H groups in total. The van der Waals surface area contributed by atoms with Crippen molar-refractivity contribution in [3.05, 3.63) is 62.7 Å². The van der Waals surface area contributed by atoms with E-state index >= 15 is 0 Å². The molecule has 0 saturated heterocycles. The quantitative estimate of drug-likeness (QED) is 0.635. The predicted molar refractivity (Wildman–Crippen MR) is 116 cm³/mol. The Morgan fingerprint density at radius 3 is 2.59 bits per heavy atom. The van der Waals surface area contributed by atoms with Gasteiger partial charge in [0.1, 0.15) is 0 Å². The monoisotopic (exact) mass is 448 g/mol. The molecule has 2 bridgehead atoms. The summed E-state index contributed by atoms with van der Waals surface area (Å²) >= 11 is 7.01. The predicted octanol–water partition coefficient (Wildman–Crippen LogP) is 4.23. The average molecular weight is 449 g/mol. The fourth-order valence-electron chi connectivity index (χ4n) is 4.79. The molecule has 1 aromatic heterocycles. The molecule has 2 aromatic carbocycles. The van der Waals surface area contributed by atoms with Gasteiger partial charge in [0.2, 0.25) is 10.0 Å². The number of benzene rings is 2. The highest BCUT2D eigenvalue weighted by atomic mass is 35.5. The molecule has 2 saturated carbocycles. The minimum absolute atomic E-state index is 0.0442. The third-order valence-electron chi connectivity index (χ3n) is 6.25. The maximum absolute atomic E-state index is 12.9. The van der Waals surface area contributed by atoms with Crippen LogP contribution in [0.5, 0.6) is 0 Å². The standard InChI is InChI=1S/C21H21ClN2O3S2/c22-16-5-2-13(3-6-16)12-24-19-8-7-17(11-20(19)28-21(24)25)29(26,27)23-18-10-14-1-4-15(18)9-14/h2-3,5-8,11,14-15,18,23H,1,4,9-10,12H2. The number of sulfonamides is 1. The van der Waals surface area contributed by atoms with Crippen molar-refractivity contribution in [2.45, 2.75) is 43.2 Å². The Labute approximate surface area is 178 Å². The zero-order valence-corrected chi connectivity index (χ0v) is 18.1. The molecule has 0 aliphatic heterocycles. The van der Waals surface area contributed by atoms with Crippen molar-refractivity contribution in [3.63, 3.8) is 0 Å². The largest absolute Gasteiger partial charge is 0.308 e. The van der Waals surface area contributed by atoms with Gasteiger partial charge in [-0.2, -0.15) is 0 Å². The average Bonchev–Trinajstić information content (AvgIpc) is 3.37. The molecular weight excluding hydrogens is 428 g/mol. The topological polar surface area (TPSA) is 68.2 Å². The van der Waals surface area contributed by atoms with E-state index in [-0.39, 0.29) is 15.8 Å². The molecule has 3 aromatic rings. The molecule has 152 valence electrons. The van der Waals surface area contributed by atoms with Gasteiger partial charge < -0.3 is 0 Å². The molecule has 5 nitrogen and oxygen atoms in total. The van der Waals surface area contributed by atoms with E-state index in [4.69, 9.17) is 11.6 Å².